The number of thiol groups is 1. The average Bonchev–Trinajstić information content (AvgIpc) is 2.59. The second-order valence-electron chi connectivity index (χ2n) is 5.97. The van der Waals surface area contributed by atoms with Gasteiger partial charge in [-0.25, -0.2) is 0 Å². The van der Waals surface area contributed by atoms with E-state index in [4.69, 9.17) is 10.8 Å². The molecule has 9 nitrogen and oxygen atoms in total. The zero-order valence-electron chi connectivity index (χ0n) is 15.2. The molecule has 0 spiro atoms. The standard InChI is InChI=1S/C15H28N4O5S2/c1-8(2)12(16)15(24)18-9(4-5-26-3)14(23)19-10(7-25)13(22)17-6-11(20)21/h8-10,12,25H,4-7,16H2,1-3H3,(H,17,22)(H,18,24)(H,19,23)(H,20,21). The van der Waals surface area contributed by atoms with Crippen LogP contribution in [0.4, 0.5) is 0 Å². The van der Waals surface area contributed by atoms with Gasteiger partial charge in [0.15, 0.2) is 0 Å². The second-order valence-corrected chi connectivity index (χ2v) is 7.32. The Hall–Kier alpha value is -1.46. The van der Waals surface area contributed by atoms with Crippen molar-refractivity contribution in [1.29, 1.82) is 0 Å². The molecule has 0 aliphatic rings. The Morgan fingerprint density at radius 2 is 1.65 bits per heavy atom. The van der Waals surface area contributed by atoms with E-state index in [-0.39, 0.29) is 11.7 Å². The summed E-state index contributed by atoms with van der Waals surface area (Å²) in [5, 5.41) is 15.9. The molecule has 3 amide bonds. The van der Waals surface area contributed by atoms with Crippen molar-refractivity contribution >= 4 is 48.1 Å². The summed E-state index contributed by atoms with van der Waals surface area (Å²) in [7, 11) is 0. The van der Waals surface area contributed by atoms with E-state index in [1.54, 1.807) is 13.8 Å². The first-order valence-corrected chi connectivity index (χ1v) is 10.1. The molecule has 0 bridgehead atoms. The molecule has 0 fully saturated rings. The number of carbonyl (C=O) groups is 4. The number of carbonyl (C=O) groups excluding carboxylic acids is 3. The molecule has 0 saturated heterocycles. The largest absolute Gasteiger partial charge is 0.480 e. The maximum absolute atomic E-state index is 12.5. The molecule has 26 heavy (non-hydrogen) atoms. The van der Waals surface area contributed by atoms with Crippen molar-refractivity contribution in [1.82, 2.24) is 16.0 Å². The summed E-state index contributed by atoms with van der Waals surface area (Å²) < 4.78 is 0. The molecular weight excluding hydrogens is 380 g/mol. The first-order chi connectivity index (χ1) is 12.1. The molecule has 0 rings (SSSR count). The van der Waals surface area contributed by atoms with E-state index in [0.717, 1.165) is 0 Å². The van der Waals surface area contributed by atoms with Crippen LogP contribution in [0.25, 0.3) is 0 Å². The summed E-state index contributed by atoms with van der Waals surface area (Å²) in [6, 6.07) is -2.62. The third kappa shape index (κ3) is 9.30. The van der Waals surface area contributed by atoms with Crippen molar-refractivity contribution in [3.63, 3.8) is 0 Å². The molecule has 0 saturated carbocycles. The monoisotopic (exact) mass is 408 g/mol. The van der Waals surface area contributed by atoms with Crippen molar-refractivity contribution in [3.05, 3.63) is 0 Å². The maximum atomic E-state index is 12.5. The Bertz CT molecular complexity index is 504. The summed E-state index contributed by atoms with van der Waals surface area (Å²) in [4.78, 5) is 47.1. The van der Waals surface area contributed by atoms with Gasteiger partial charge in [-0.3, -0.25) is 19.2 Å². The van der Waals surface area contributed by atoms with Crippen molar-refractivity contribution in [3.8, 4) is 0 Å². The molecule has 0 aliphatic heterocycles. The minimum Gasteiger partial charge on any atom is -0.480 e. The summed E-state index contributed by atoms with van der Waals surface area (Å²) in [5.41, 5.74) is 5.80. The lowest BCUT2D eigenvalue weighted by Crippen LogP contribution is -2.57. The molecule has 0 aliphatic carbocycles. The maximum Gasteiger partial charge on any atom is 0.322 e. The van der Waals surface area contributed by atoms with Crippen molar-refractivity contribution < 1.29 is 24.3 Å². The predicted molar refractivity (Wildman–Crippen MR) is 104 cm³/mol. The number of nitrogens with one attached hydrogen (secondary N) is 3. The summed E-state index contributed by atoms with van der Waals surface area (Å²) in [5.74, 6) is -2.35. The van der Waals surface area contributed by atoms with Gasteiger partial charge in [-0.1, -0.05) is 13.8 Å². The number of thioether (sulfide) groups is 1. The number of nitrogens with two attached hydrogens (primary N) is 1. The number of carboxylic acid groups (broad SMARTS) is 1. The summed E-state index contributed by atoms with van der Waals surface area (Å²) in [6.45, 7) is 3.03. The highest BCUT2D eigenvalue weighted by atomic mass is 32.2. The van der Waals surface area contributed by atoms with E-state index < -0.39 is 48.4 Å². The van der Waals surface area contributed by atoms with Gasteiger partial charge in [0.2, 0.25) is 17.7 Å². The molecule has 0 aromatic heterocycles. The number of amides is 3. The van der Waals surface area contributed by atoms with Gasteiger partial charge in [0, 0.05) is 5.75 Å². The van der Waals surface area contributed by atoms with Crippen LogP contribution in [-0.2, 0) is 19.2 Å². The van der Waals surface area contributed by atoms with Crippen LogP contribution in [0.3, 0.4) is 0 Å². The first kappa shape index (κ1) is 24.5. The van der Waals surface area contributed by atoms with Crippen molar-refractivity contribution in [2.24, 2.45) is 11.7 Å². The molecule has 11 heteroatoms. The quantitative estimate of drug-likeness (QED) is 0.223. The van der Waals surface area contributed by atoms with Gasteiger partial charge < -0.3 is 26.8 Å². The van der Waals surface area contributed by atoms with Crippen molar-refractivity contribution in [2.75, 3.05) is 24.3 Å². The third-order valence-corrected chi connectivity index (χ3v) is 4.50. The van der Waals surface area contributed by atoms with Crippen LogP contribution in [0.1, 0.15) is 20.3 Å². The van der Waals surface area contributed by atoms with E-state index in [9.17, 15) is 19.2 Å². The molecule has 0 aromatic rings. The number of aliphatic carboxylic acids is 1. The second kappa shape index (κ2) is 12.8. The van der Waals surface area contributed by atoms with Crippen LogP contribution < -0.4 is 21.7 Å². The summed E-state index contributed by atoms with van der Waals surface area (Å²) >= 11 is 5.52. The minimum atomic E-state index is -1.20. The minimum absolute atomic E-state index is 0.0219. The fraction of sp³-hybridized carbons (Fsp3) is 0.733. The first-order valence-electron chi connectivity index (χ1n) is 8.09. The highest BCUT2D eigenvalue weighted by Gasteiger charge is 2.28. The molecule has 150 valence electrons. The number of carboxylic acids is 1. The molecule has 3 unspecified atom stereocenters. The molecule has 0 radical (unpaired) electrons. The Kier molecular flexibility index (Phi) is 12.1. The smallest absolute Gasteiger partial charge is 0.322 e. The van der Waals surface area contributed by atoms with Crippen LogP contribution in [0.2, 0.25) is 0 Å². The van der Waals surface area contributed by atoms with Gasteiger partial charge in [-0.15, -0.1) is 0 Å². The number of hydrogen-bond acceptors (Lipinski definition) is 7. The Balaban J connectivity index is 4.95. The highest BCUT2D eigenvalue weighted by Crippen LogP contribution is 2.05. The molecular formula is C15H28N4O5S2. The van der Waals surface area contributed by atoms with E-state index >= 15 is 0 Å². The SMILES string of the molecule is CSCCC(NC(=O)C(N)C(C)C)C(=O)NC(CS)C(=O)NCC(=O)O. The predicted octanol–water partition coefficient (Wildman–Crippen LogP) is -1.18. The summed E-state index contributed by atoms with van der Waals surface area (Å²) in [6.07, 6.45) is 2.23. The topological polar surface area (TPSA) is 151 Å². The van der Waals surface area contributed by atoms with Crippen LogP contribution in [-0.4, -0.2) is 71.2 Å². The van der Waals surface area contributed by atoms with Gasteiger partial charge in [0.25, 0.3) is 0 Å². The molecule has 3 atom stereocenters. The molecule has 0 aromatic carbocycles. The van der Waals surface area contributed by atoms with Crippen LogP contribution in [0, 0.1) is 5.92 Å². The van der Waals surface area contributed by atoms with E-state index in [2.05, 4.69) is 28.6 Å². The molecule has 6 N–H and O–H groups in total. The lowest BCUT2D eigenvalue weighted by atomic mass is 10.0. The number of hydrogen-bond donors (Lipinski definition) is 6. The Morgan fingerprint density at radius 1 is 1.08 bits per heavy atom. The van der Waals surface area contributed by atoms with Crippen LogP contribution >= 0.6 is 24.4 Å². The van der Waals surface area contributed by atoms with E-state index in [1.165, 1.54) is 11.8 Å². The van der Waals surface area contributed by atoms with E-state index in [0.29, 0.717) is 12.2 Å². The zero-order chi connectivity index (χ0) is 20.3. The molecule has 0 heterocycles. The van der Waals surface area contributed by atoms with E-state index in [1.807, 2.05) is 6.26 Å². The normalized spacial score (nSPS) is 14.2. The Morgan fingerprint density at radius 3 is 2.12 bits per heavy atom. The van der Waals surface area contributed by atoms with Crippen LogP contribution in [0.5, 0.6) is 0 Å². The van der Waals surface area contributed by atoms with Gasteiger partial charge in [-0.2, -0.15) is 24.4 Å². The average molecular weight is 409 g/mol. The number of rotatable bonds is 12. The third-order valence-electron chi connectivity index (χ3n) is 3.49. The Labute approximate surface area is 163 Å². The van der Waals surface area contributed by atoms with Crippen LogP contribution in [0.15, 0.2) is 0 Å². The lowest BCUT2D eigenvalue weighted by molar-refractivity contribution is -0.138. The fourth-order valence-corrected chi connectivity index (χ4v) is 2.56. The highest BCUT2D eigenvalue weighted by molar-refractivity contribution is 7.98. The fourth-order valence-electron chi connectivity index (χ4n) is 1.83. The van der Waals surface area contributed by atoms with Gasteiger partial charge >= 0.3 is 5.97 Å². The van der Waals surface area contributed by atoms with Crippen molar-refractivity contribution in [2.45, 2.75) is 38.4 Å². The van der Waals surface area contributed by atoms with Gasteiger partial charge in [0.05, 0.1) is 6.04 Å². The van der Waals surface area contributed by atoms with Gasteiger partial charge in [-0.05, 0) is 24.3 Å². The lowest BCUT2D eigenvalue weighted by Gasteiger charge is -2.24. The van der Waals surface area contributed by atoms with Gasteiger partial charge in [0.1, 0.15) is 18.6 Å². The zero-order valence-corrected chi connectivity index (χ0v) is 16.9.